The predicted octanol–water partition coefficient (Wildman–Crippen LogP) is 5.18. The number of non-ortho nitro benzene ring substituents is 1. The van der Waals surface area contributed by atoms with Crippen LogP contribution in [0.5, 0.6) is 0 Å². The first-order valence-electron chi connectivity index (χ1n) is 10.7. The van der Waals surface area contributed by atoms with E-state index in [1.807, 2.05) is 67.8 Å². The van der Waals surface area contributed by atoms with Gasteiger partial charge in [-0.15, -0.1) is 0 Å². The number of amides is 1. The Hall–Kier alpha value is -4.39. The van der Waals surface area contributed by atoms with Gasteiger partial charge in [-0.2, -0.15) is 0 Å². The number of aromatic amines is 2. The maximum Gasteiger partial charge on any atom is 0.270 e. The van der Waals surface area contributed by atoms with E-state index >= 15 is 0 Å². The maximum atomic E-state index is 14.3. The Bertz CT molecular complexity index is 1540. The highest BCUT2D eigenvalue weighted by Gasteiger charge is 2.55. The Balaban J connectivity index is 1.83. The van der Waals surface area contributed by atoms with Crippen LogP contribution in [0.15, 0.2) is 73.1 Å². The first-order chi connectivity index (χ1) is 15.9. The predicted molar refractivity (Wildman–Crippen MR) is 128 cm³/mol. The number of nitro benzene ring substituents is 1. The van der Waals surface area contributed by atoms with E-state index in [9.17, 15) is 14.9 Å². The second-order valence-electron chi connectivity index (χ2n) is 8.53. The molecule has 7 nitrogen and oxygen atoms in total. The summed E-state index contributed by atoms with van der Waals surface area (Å²) in [6.07, 6.45) is 3.73. The van der Waals surface area contributed by atoms with Crippen molar-refractivity contribution in [2.75, 3.05) is 11.9 Å². The second kappa shape index (κ2) is 6.56. The summed E-state index contributed by atoms with van der Waals surface area (Å²) in [6, 6.07) is 18.7. The topological polar surface area (TPSA) is 95.0 Å². The lowest BCUT2D eigenvalue weighted by molar-refractivity contribution is -0.385. The molecule has 0 fully saturated rings. The van der Waals surface area contributed by atoms with Crippen molar-refractivity contribution in [3.8, 4) is 0 Å². The molecule has 5 aromatic rings. The van der Waals surface area contributed by atoms with Crippen LogP contribution in [0.1, 0.15) is 22.3 Å². The summed E-state index contributed by atoms with van der Waals surface area (Å²) in [5, 5.41) is 13.6. The molecule has 0 saturated carbocycles. The zero-order chi connectivity index (χ0) is 22.9. The number of nitrogens with one attached hydrogen (secondary N) is 2. The molecule has 0 aliphatic carbocycles. The van der Waals surface area contributed by atoms with Crippen LogP contribution < -0.4 is 4.90 Å². The molecule has 0 atom stereocenters. The highest BCUT2D eigenvalue weighted by Crippen LogP contribution is 2.54. The van der Waals surface area contributed by atoms with Gasteiger partial charge in [0.15, 0.2) is 0 Å². The summed E-state index contributed by atoms with van der Waals surface area (Å²) in [6.45, 7) is 1.82. The van der Waals surface area contributed by atoms with Gasteiger partial charge in [-0.1, -0.05) is 36.4 Å². The lowest BCUT2D eigenvalue weighted by atomic mass is 9.69. The molecule has 0 spiro atoms. The SMILES string of the molecule is Cc1cc([N+](=O)[O-])cc2c1N(C)C(=O)C2(c1c[nH]c2ccccc12)c1c[nH]c2ccccc12. The van der Waals surface area contributed by atoms with Crippen LogP contribution in [0.4, 0.5) is 11.4 Å². The van der Waals surface area contributed by atoms with Crippen molar-refractivity contribution >= 4 is 39.1 Å². The van der Waals surface area contributed by atoms with Gasteiger partial charge in [0.25, 0.3) is 5.69 Å². The van der Waals surface area contributed by atoms with E-state index in [0.29, 0.717) is 16.8 Å². The third kappa shape index (κ3) is 2.36. The fourth-order valence-corrected chi connectivity index (χ4v) is 5.49. The van der Waals surface area contributed by atoms with Crippen molar-refractivity contribution < 1.29 is 9.72 Å². The molecule has 0 unspecified atom stereocenters. The molecular weight excluding hydrogens is 416 g/mol. The van der Waals surface area contributed by atoms with Crippen LogP contribution in [0.3, 0.4) is 0 Å². The lowest BCUT2D eigenvalue weighted by Crippen LogP contribution is -2.40. The van der Waals surface area contributed by atoms with E-state index < -0.39 is 10.3 Å². The van der Waals surface area contributed by atoms with E-state index in [1.165, 1.54) is 6.07 Å². The standard InChI is InChI=1S/C26H20N4O3/c1-15-11-16(30(32)33)12-19-24(15)29(2)25(31)26(19,20-13-27-22-9-5-3-7-17(20)22)21-14-28-23-10-6-4-8-18(21)23/h3-14,27-28H,1-2H3. The summed E-state index contributed by atoms with van der Waals surface area (Å²) >= 11 is 0. The molecule has 6 rings (SSSR count). The number of carbonyl (C=O) groups excluding carboxylic acids is 1. The number of anilines is 1. The number of hydrogen-bond donors (Lipinski definition) is 2. The number of likely N-dealkylation sites (N-methyl/N-ethyl adjacent to an activating group) is 1. The Morgan fingerprint density at radius 2 is 1.42 bits per heavy atom. The second-order valence-corrected chi connectivity index (χ2v) is 8.53. The largest absolute Gasteiger partial charge is 0.361 e. The van der Waals surface area contributed by atoms with Crippen LogP contribution in [0.2, 0.25) is 0 Å². The number of fused-ring (bicyclic) bond motifs is 3. The number of carbonyl (C=O) groups is 1. The first-order valence-corrected chi connectivity index (χ1v) is 10.7. The van der Waals surface area contributed by atoms with E-state index in [0.717, 1.165) is 32.9 Å². The van der Waals surface area contributed by atoms with Crippen LogP contribution >= 0.6 is 0 Å². The minimum atomic E-state index is -1.25. The van der Waals surface area contributed by atoms with Crippen molar-refractivity contribution in [2.45, 2.75) is 12.3 Å². The minimum Gasteiger partial charge on any atom is -0.361 e. The molecule has 1 amide bonds. The maximum absolute atomic E-state index is 14.3. The number of nitrogens with zero attached hydrogens (tertiary/aromatic N) is 2. The van der Waals surface area contributed by atoms with Gasteiger partial charge >= 0.3 is 0 Å². The number of para-hydroxylation sites is 2. The Labute approximate surface area is 188 Å². The number of rotatable bonds is 3. The highest BCUT2D eigenvalue weighted by molar-refractivity contribution is 6.17. The number of aromatic nitrogens is 2. The molecule has 2 aromatic heterocycles. The molecule has 2 N–H and O–H groups in total. The fourth-order valence-electron chi connectivity index (χ4n) is 5.49. The molecule has 3 heterocycles. The van der Waals surface area contributed by atoms with Gasteiger partial charge in [-0.25, -0.2) is 0 Å². The van der Waals surface area contributed by atoms with Crippen molar-refractivity contribution in [1.82, 2.24) is 9.97 Å². The van der Waals surface area contributed by atoms with Gasteiger partial charge in [0.05, 0.1) is 10.6 Å². The smallest absolute Gasteiger partial charge is 0.270 e. The molecular formula is C26H20N4O3. The first kappa shape index (κ1) is 19.3. The molecule has 33 heavy (non-hydrogen) atoms. The molecule has 0 saturated heterocycles. The molecule has 0 radical (unpaired) electrons. The van der Waals surface area contributed by atoms with Gasteiger partial charge in [0, 0.05) is 70.1 Å². The van der Waals surface area contributed by atoms with Crippen LogP contribution in [-0.4, -0.2) is 27.8 Å². The molecule has 7 heteroatoms. The number of H-pyrrole nitrogens is 2. The van der Waals surface area contributed by atoms with Crippen molar-refractivity contribution in [2.24, 2.45) is 0 Å². The summed E-state index contributed by atoms with van der Waals surface area (Å²) < 4.78 is 0. The van der Waals surface area contributed by atoms with Crippen molar-refractivity contribution in [1.29, 1.82) is 0 Å². The van der Waals surface area contributed by atoms with Gasteiger partial charge in [0.1, 0.15) is 5.41 Å². The van der Waals surface area contributed by atoms with E-state index in [4.69, 9.17) is 0 Å². The number of aryl methyl sites for hydroxylation is 1. The highest BCUT2D eigenvalue weighted by atomic mass is 16.6. The third-order valence-corrected chi connectivity index (χ3v) is 6.85. The molecule has 0 bridgehead atoms. The number of benzene rings is 3. The van der Waals surface area contributed by atoms with Gasteiger partial charge < -0.3 is 14.9 Å². The van der Waals surface area contributed by atoms with E-state index in [1.54, 1.807) is 18.0 Å². The van der Waals surface area contributed by atoms with Gasteiger partial charge in [-0.3, -0.25) is 14.9 Å². The number of nitro groups is 1. The average molecular weight is 436 g/mol. The lowest BCUT2D eigenvalue weighted by Gasteiger charge is -2.28. The Kier molecular flexibility index (Phi) is 3.84. The Morgan fingerprint density at radius 3 is 1.97 bits per heavy atom. The Morgan fingerprint density at radius 1 is 0.879 bits per heavy atom. The zero-order valence-corrected chi connectivity index (χ0v) is 18.0. The van der Waals surface area contributed by atoms with Crippen LogP contribution in [-0.2, 0) is 10.2 Å². The molecule has 1 aliphatic rings. The summed E-state index contributed by atoms with van der Waals surface area (Å²) in [7, 11) is 1.74. The van der Waals surface area contributed by atoms with Crippen LogP contribution in [0, 0.1) is 17.0 Å². The molecule has 1 aliphatic heterocycles. The summed E-state index contributed by atoms with van der Waals surface area (Å²) in [5.41, 5.74) is 4.10. The zero-order valence-electron chi connectivity index (χ0n) is 18.0. The van der Waals surface area contributed by atoms with Gasteiger partial charge in [-0.05, 0) is 24.6 Å². The summed E-state index contributed by atoms with van der Waals surface area (Å²) in [5.74, 6) is -0.143. The molecule has 162 valence electrons. The van der Waals surface area contributed by atoms with E-state index in [2.05, 4.69) is 9.97 Å². The minimum absolute atomic E-state index is 0.0293. The molecule has 3 aromatic carbocycles. The van der Waals surface area contributed by atoms with Gasteiger partial charge in [0.2, 0.25) is 5.91 Å². The van der Waals surface area contributed by atoms with E-state index in [-0.39, 0.29) is 11.6 Å². The quantitative estimate of drug-likeness (QED) is 0.301. The fraction of sp³-hybridized carbons (Fsp3) is 0.115. The van der Waals surface area contributed by atoms with Crippen molar-refractivity contribution in [3.63, 3.8) is 0 Å². The normalized spacial score (nSPS) is 14.8. The summed E-state index contributed by atoms with van der Waals surface area (Å²) in [4.78, 5) is 34.0. The number of hydrogen-bond acceptors (Lipinski definition) is 3. The average Bonchev–Trinajstić information content (AvgIpc) is 3.49. The third-order valence-electron chi connectivity index (χ3n) is 6.85. The van der Waals surface area contributed by atoms with Crippen molar-refractivity contribution in [3.05, 3.63) is 105 Å². The monoisotopic (exact) mass is 436 g/mol. The van der Waals surface area contributed by atoms with Crippen LogP contribution in [0.25, 0.3) is 21.8 Å².